The van der Waals surface area contributed by atoms with Gasteiger partial charge in [-0.15, -0.1) is 0 Å². The molecule has 4 heterocycles. The monoisotopic (exact) mass is 691 g/mol. The fourth-order valence-corrected chi connectivity index (χ4v) is 7.98. The van der Waals surface area contributed by atoms with E-state index < -0.39 is 59.5 Å². The summed E-state index contributed by atoms with van der Waals surface area (Å²) in [5, 5.41) is 12.9. The number of rotatable bonds is 8. The van der Waals surface area contributed by atoms with Crippen LogP contribution in [0.2, 0.25) is 5.02 Å². The molecule has 1 spiro atoms. The lowest BCUT2D eigenvalue weighted by molar-refractivity contribution is -0.162. The Labute approximate surface area is 290 Å². The highest BCUT2D eigenvalue weighted by molar-refractivity contribution is 6.34. The smallest absolute Gasteiger partial charge is 0.313 e. The number of nitrogens with one attached hydrogen (secondary N) is 1. The number of ether oxygens (including phenoxy) is 3. The van der Waals surface area contributed by atoms with Crippen LogP contribution in [-0.4, -0.2) is 90.9 Å². The molecule has 5 bridgehead atoms. The van der Waals surface area contributed by atoms with E-state index in [2.05, 4.69) is 5.32 Å². The van der Waals surface area contributed by atoms with Crippen molar-refractivity contribution in [2.24, 2.45) is 11.8 Å². The van der Waals surface area contributed by atoms with Gasteiger partial charge in [-0.05, 0) is 43.4 Å². The summed E-state index contributed by atoms with van der Waals surface area (Å²) >= 11 is 6.73. The van der Waals surface area contributed by atoms with Crippen LogP contribution in [-0.2, 0) is 33.4 Å². The zero-order valence-corrected chi connectivity index (χ0v) is 28.4. The molecule has 0 unspecified atom stereocenters. The first-order valence-corrected chi connectivity index (χ1v) is 17.1. The number of allylic oxidation sites excluding steroid dienone is 1. The van der Waals surface area contributed by atoms with Gasteiger partial charge in [-0.2, -0.15) is 0 Å². The summed E-state index contributed by atoms with van der Waals surface area (Å²) in [6, 6.07) is 12.6. The van der Waals surface area contributed by atoms with E-state index in [1.165, 1.54) is 12.0 Å². The van der Waals surface area contributed by atoms with E-state index in [9.17, 15) is 24.3 Å². The van der Waals surface area contributed by atoms with Crippen LogP contribution in [0, 0.1) is 18.8 Å². The van der Waals surface area contributed by atoms with Crippen molar-refractivity contribution < 1.29 is 38.5 Å². The second-order valence-electron chi connectivity index (χ2n) is 12.9. The minimum atomic E-state index is -1.44. The van der Waals surface area contributed by atoms with Crippen molar-refractivity contribution in [2.75, 3.05) is 38.3 Å². The minimum Gasteiger partial charge on any atom is -0.455 e. The summed E-state index contributed by atoms with van der Waals surface area (Å²) in [5.74, 6) is -3.83. The van der Waals surface area contributed by atoms with Crippen molar-refractivity contribution in [1.82, 2.24) is 10.2 Å². The average molecular weight is 692 g/mol. The molecule has 260 valence electrons. The van der Waals surface area contributed by atoms with E-state index in [0.717, 1.165) is 5.56 Å². The standard InChI is InChI=1S/C37H42ClN3O8/c1-23-12-11-15-25(38)31(23)40-19-8-4-7-16-28(43)39-26(22-47-2)32(24-13-5-3-6-14-24)48-36(46)29-27-17-18-37(49-27)30(29)34(44)41(20-9-10-21-42)33(37)35(40)45/h3-6,8,11-15,17-18,26-27,29-30,32-33,42H,7,9-10,16,19-22H2,1-2H3,(H,39,43)/b8-4-/t26-,27+,29-,30-,32-,33+,37-/m1/s1. The van der Waals surface area contributed by atoms with Gasteiger partial charge in [0.1, 0.15) is 23.7 Å². The number of fused-ring (bicyclic) bond motifs is 2. The molecule has 11 nitrogen and oxygen atoms in total. The first kappa shape index (κ1) is 34.8. The Balaban J connectivity index is 1.46. The molecule has 6 rings (SSSR count). The Morgan fingerprint density at radius 1 is 1.04 bits per heavy atom. The van der Waals surface area contributed by atoms with Gasteiger partial charge in [0.2, 0.25) is 11.8 Å². The minimum absolute atomic E-state index is 0.0621. The van der Waals surface area contributed by atoms with E-state index in [0.29, 0.717) is 35.5 Å². The zero-order valence-electron chi connectivity index (χ0n) is 27.6. The van der Waals surface area contributed by atoms with Crippen LogP contribution < -0.4 is 10.2 Å². The van der Waals surface area contributed by atoms with Crippen molar-refractivity contribution >= 4 is 41.0 Å². The number of para-hydroxylation sites is 1. The topological polar surface area (TPSA) is 135 Å². The summed E-state index contributed by atoms with van der Waals surface area (Å²) in [6.45, 7) is 2.14. The molecule has 49 heavy (non-hydrogen) atoms. The highest BCUT2D eigenvalue weighted by atomic mass is 35.5. The number of unbranched alkanes of at least 4 members (excludes halogenated alkanes) is 1. The van der Waals surface area contributed by atoms with Crippen LogP contribution in [0.1, 0.15) is 42.9 Å². The number of esters is 1. The molecule has 2 aromatic carbocycles. The molecular formula is C37H42ClN3O8. The number of aliphatic hydroxyl groups is 1. The van der Waals surface area contributed by atoms with E-state index >= 15 is 0 Å². The maximum absolute atomic E-state index is 15.0. The fourth-order valence-electron chi connectivity index (χ4n) is 7.66. The van der Waals surface area contributed by atoms with Gasteiger partial charge < -0.3 is 34.4 Å². The largest absolute Gasteiger partial charge is 0.455 e. The Bertz CT molecular complexity index is 1610. The fraction of sp³-hybridized carbons (Fsp3) is 0.459. The number of benzene rings is 2. The molecule has 0 aromatic heterocycles. The molecule has 0 saturated carbocycles. The predicted octanol–water partition coefficient (Wildman–Crippen LogP) is 3.67. The number of carbonyl (C=O) groups excluding carboxylic acids is 4. The van der Waals surface area contributed by atoms with Crippen LogP contribution >= 0.6 is 11.6 Å². The van der Waals surface area contributed by atoms with E-state index in [-0.39, 0.29) is 38.6 Å². The maximum atomic E-state index is 15.0. The molecule has 2 aromatic rings. The number of anilines is 1. The molecule has 2 fully saturated rings. The number of methoxy groups -OCH3 is 1. The molecule has 4 aliphatic heterocycles. The molecule has 12 heteroatoms. The first-order chi connectivity index (χ1) is 23.7. The molecular weight excluding hydrogens is 650 g/mol. The average Bonchev–Trinajstić information content (AvgIpc) is 3.73. The second kappa shape index (κ2) is 14.8. The van der Waals surface area contributed by atoms with Gasteiger partial charge >= 0.3 is 5.97 Å². The van der Waals surface area contributed by atoms with Gasteiger partial charge in [0.05, 0.1) is 35.4 Å². The van der Waals surface area contributed by atoms with Crippen molar-refractivity contribution in [2.45, 2.75) is 62.5 Å². The lowest BCUT2D eigenvalue weighted by atomic mass is 9.74. The Hall–Kier alpha value is -4.03. The lowest BCUT2D eigenvalue weighted by Gasteiger charge is -2.36. The number of aliphatic hydroxyl groups excluding tert-OH is 1. The van der Waals surface area contributed by atoms with E-state index in [4.69, 9.17) is 25.8 Å². The summed E-state index contributed by atoms with van der Waals surface area (Å²) in [4.78, 5) is 60.1. The number of cyclic esters (lactones) is 1. The normalized spacial score (nSPS) is 30.8. The van der Waals surface area contributed by atoms with Crippen molar-refractivity contribution in [1.29, 1.82) is 0 Å². The number of carbonyl (C=O) groups is 4. The van der Waals surface area contributed by atoms with Crippen LogP contribution in [0.15, 0.2) is 72.8 Å². The number of aryl methyl sites for hydroxylation is 1. The number of nitrogens with zero attached hydrogens (tertiary/aromatic N) is 2. The molecule has 0 aliphatic carbocycles. The summed E-state index contributed by atoms with van der Waals surface area (Å²) in [6.07, 6.45) is 6.78. The molecule has 3 amide bonds. The van der Waals surface area contributed by atoms with Crippen molar-refractivity contribution in [3.63, 3.8) is 0 Å². The molecule has 2 saturated heterocycles. The van der Waals surface area contributed by atoms with E-state index in [1.807, 2.05) is 43.3 Å². The third-order valence-electron chi connectivity index (χ3n) is 9.83. The summed E-state index contributed by atoms with van der Waals surface area (Å²) in [7, 11) is 1.51. The highest BCUT2D eigenvalue weighted by Crippen LogP contribution is 2.56. The molecule has 2 N–H and O–H groups in total. The molecule has 7 atom stereocenters. The van der Waals surface area contributed by atoms with Gasteiger partial charge in [-0.1, -0.05) is 78.4 Å². The molecule has 4 aliphatic rings. The van der Waals surface area contributed by atoms with Crippen LogP contribution in [0.25, 0.3) is 0 Å². The third-order valence-corrected chi connectivity index (χ3v) is 10.1. The summed E-state index contributed by atoms with van der Waals surface area (Å²) < 4.78 is 18.3. The van der Waals surface area contributed by atoms with Gasteiger partial charge in [-0.25, -0.2) is 0 Å². The first-order valence-electron chi connectivity index (χ1n) is 16.8. The number of likely N-dealkylation sites (tertiary alicyclic amines) is 1. The highest BCUT2D eigenvalue weighted by Gasteiger charge is 2.73. The summed E-state index contributed by atoms with van der Waals surface area (Å²) in [5.41, 5.74) is 0.467. The number of hydrogen-bond acceptors (Lipinski definition) is 8. The lowest BCUT2D eigenvalue weighted by Crippen LogP contribution is -2.56. The Kier molecular flexibility index (Phi) is 10.5. The quantitative estimate of drug-likeness (QED) is 0.243. The van der Waals surface area contributed by atoms with Crippen LogP contribution in [0.4, 0.5) is 5.69 Å². The van der Waals surface area contributed by atoms with E-state index in [1.54, 1.807) is 41.3 Å². The zero-order chi connectivity index (χ0) is 34.7. The van der Waals surface area contributed by atoms with Gasteiger partial charge in [-0.3, -0.25) is 19.2 Å². The maximum Gasteiger partial charge on any atom is 0.313 e. The SMILES string of the molecule is COC[C@H]1NC(=O)CC/C=C\CN(c2c(C)cccc2Cl)C(=O)[C@@H]2N(CCCCO)C(=O)[C@H]3[C@H](C(=O)O[C@@H]1c1ccccc1)[C@@H]1C=C[C@]23O1. The third kappa shape index (κ3) is 6.52. The number of halogens is 1. The van der Waals surface area contributed by atoms with Crippen molar-refractivity contribution in [3.05, 3.63) is 89.0 Å². The van der Waals surface area contributed by atoms with Crippen molar-refractivity contribution in [3.8, 4) is 0 Å². The predicted molar refractivity (Wildman–Crippen MR) is 182 cm³/mol. The molecule has 0 radical (unpaired) electrons. The second-order valence-corrected chi connectivity index (χ2v) is 13.3. The van der Waals surface area contributed by atoms with Gasteiger partial charge in [0, 0.05) is 33.2 Å². The number of amides is 3. The van der Waals surface area contributed by atoms with Crippen LogP contribution in [0.5, 0.6) is 0 Å². The van der Waals surface area contributed by atoms with Gasteiger partial charge in [0.15, 0.2) is 0 Å². The number of hydrogen-bond donors (Lipinski definition) is 2. The Morgan fingerprint density at radius 2 is 1.84 bits per heavy atom. The Morgan fingerprint density at radius 3 is 2.57 bits per heavy atom. The van der Waals surface area contributed by atoms with Gasteiger partial charge in [0.25, 0.3) is 5.91 Å². The van der Waals surface area contributed by atoms with Crippen LogP contribution in [0.3, 0.4) is 0 Å².